The number of nitrogens with one attached hydrogen (secondary N) is 2. The van der Waals surface area contributed by atoms with Gasteiger partial charge in [-0.25, -0.2) is 4.98 Å². The molecular weight excluding hydrogens is 399 g/mol. The number of thiazole rings is 1. The van der Waals surface area contributed by atoms with Crippen LogP contribution < -0.4 is 10.6 Å². The quantitative estimate of drug-likeness (QED) is 0.444. The maximum Gasteiger partial charge on any atom is 0.191 e. The summed E-state index contributed by atoms with van der Waals surface area (Å²) < 4.78 is 5.85. The molecule has 3 rings (SSSR count). The standard InChI is InChI=1S/C14H22N4OS.HI/c1-3-13-17-9(8-20-13)7-16-14(15-2)18-11-6-10-4-5-12(11)19-10;/h8,10-12H,3-7H2,1-2H3,(H2,15,16,18);1H. The van der Waals surface area contributed by atoms with Crippen molar-refractivity contribution in [2.45, 2.75) is 57.4 Å². The molecule has 0 saturated carbocycles. The van der Waals surface area contributed by atoms with Gasteiger partial charge in [0, 0.05) is 12.4 Å². The van der Waals surface area contributed by atoms with Gasteiger partial charge in [0.05, 0.1) is 35.5 Å². The Morgan fingerprint density at radius 1 is 1.52 bits per heavy atom. The highest BCUT2D eigenvalue weighted by Gasteiger charge is 2.41. The Labute approximate surface area is 147 Å². The molecule has 0 aliphatic carbocycles. The molecule has 21 heavy (non-hydrogen) atoms. The molecule has 2 bridgehead atoms. The van der Waals surface area contributed by atoms with E-state index in [1.165, 1.54) is 17.8 Å². The monoisotopic (exact) mass is 422 g/mol. The molecule has 0 amide bonds. The summed E-state index contributed by atoms with van der Waals surface area (Å²) in [5.74, 6) is 0.845. The molecule has 3 heterocycles. The third-order valence-electron chi connectivity index (χ3n) is 3.99. The summed E-state index contributed by atoms with van der Waals surface area (Å²) in [6, 6.07) is 0.404. The molecule has 1 aromatic heterocycles. The number of aryl methyl sites for hydroxylation is 1. The lowest BCUT2D eigenvalue weighted by Crippen LogP contribution is -2.47. The van der Waals surface area contributed by atoms with E-state index in [1.807, 2.05) is 7.05 Å². The van der Waals surface area contributed by atoms with Gasteiger partial charge in [0.25, 0.3) is 0 Å². The number of hydrogen-bond acceptors (Lipinski definition) is 4. The van der Waals surface area contributed by atoms with E-state index in [0.29, 0.717) is 18.2 Å². The summed E-state index contributed by atoms with van der Waals surface area (Å²) in [6.45, 7) is 2.85. The molecule has 118 valence electrons. The van der Waals surface area contributed by atoms with Crippen molar-refractivity contribution in [3.05, 3.63) is 16.1 Å². The molecule has 2 N–H and O–H groups in total. The second-order valence-corrected chi connectivity index (χ2v) is 6.31. The van der Waals surface area contributed by atoms with Gasteiger partial charge in [-0.3, -0.25) is 4.99 Å². The van der Waals surface area contributed by atoms with Crippen LogP contribution in [0.2, 0.25) is 0 Å². The molecule has 0 radical (unpaired) electrons. The van der Waals surface area contributed by atoms with Crippen molar-refractivity contribution in [3.8, 4) is 0 Å². The number of aliphatic imine (C=N–C) groups is 1. The third kappa shape index (κ3) is 4.07. The second-order valence-electron chi connectivity index (χ2n) is 5.37. The number of hydrogen-bond donors (Lipinski definition) is 2. The minimum Gasteiger partial charge on any atom is -0.373 e. The maximum atomic E-state index is 5.85. The zero-order valence-electron chi connectivity index (χ0n) is 12.5. The SMILES string of the molecule is CCc1nc(CNC(=NC)NC2CC3CCC2O3)cs1.I. The van der Waals surface area contributed by atoms with Gasteiger partial charge < -0.3 is 15.4 Å². The van der Waals surface area contributed by atoms with Gasteiger partial charge in [0.2, 0.25) is 0 Å². The fourth-order valence-corrected chi connectivity index (χ4v) is 3.67. The summed E-state index contributed by atoms with van der Waals surface area (Å²) in [6.07, 6.45) is 5.31. The van der Waals surface area contributed by atoms with Crippen LogP contribution >= 0.6 is 35.3 Å². The van der Waals surface area contributed by atoms with E-state index < -0.39 is 0 Å². The molecule has 5 nitrogen and oxygen atoms in total. The first-order chi connectivity index (χ1) is 9.78. The van der Waals surface area contributed by atoms with E-state index >= 15 is 0 Å². The zero-order chi connectivity index (χ0) is 13.9. The van der Waals surface area contributed by atoms with Crippen LogP contribution in [0, 0.1) is 0 Å². The van der Waals surface area contributed by atoms with Crippen LogP contribution in [0.25, 0.3) is 0 Å². The number of halogens is 1. The average molecular weight is 422 g/mol. The van der Waals surface area contributed by atoms with Crippen molar-refractivity contribution in [2.75, 3.05) is 7.05 Å². The Morgan fingerprint density at radius 3 is 2.95 bits per heavy atom. The fraction of sp³-hybridized carbons (Fsp3) is 0.714. The molecule has 2 saturated heterocycles. The van der Waals surface area contributed by atoms with Crippen LogP contribution in [-0.2, 0) is 17.7 Å². The molecule has 7 heteroatoms. The van der Waals surface area contributed by atoms with E-state index in [4.69, 9.17) is 4.74 Å². The largest absolute Gasteiger partial charge is 0.373 e. The topological polar surface area (TPSA) is 58.5 Å². The second kappa shape index (κ2) is 7.73. The lowest BCUT2D eigenvalue weighted by atomic mass is 9.96. The van der Waals surface area contributed by atoms with Crippen LogP contribution in [-0.4, -0.2) is 36.2 Å². The Bertz CT molecular complexity index is 493. The minimum absolute atomic E-state index is 0. The number of aromatic nitrogens is 1. The van der Waals surface area contributed by atoms with Crippen LogP contribution in [0.4, 0.5) is 0 Å². The van der Waals surface area contributed by atoms with Gasteiger partial charge in [-0.15, -0.1) is 35.3 Å². The van der Waals surface area contributed by atoms with Gasteiger partial charge in [0.1, 0.15) is 0 Å². The van der Waals surface area contributed by atoms with Crippen molar-refractivity contribution in [1.82, 2.24) is 15.6 Å². The molecular formula is C14H23IN4OS. The first-order valence-corrected chi connectivity index (χ1v) is 8.22. The highest BCUT2D eigenvalue weighted by molar-refractivity contribution is 14.0. The third-order valence-corrected chi connectivity index (χ3v) is 5.03. The number of ether oxygens (including phenoxy) is 1. The number of guanidine groups is 1. The predicted octanol–water partition coefficient (Wildman–Crippen LogP) is 2.31. The van der Waals surface area contributed by atoms with Gasteiger partial charge in [-0.2, -0.15) is 0 Å². The van der Waals surface area contributed by atoms with Crippen molar-refractivity contribution in [1.29, 1.82) is 0 Å². The smallest absolute Gasteiger partial charge is 0.191 e. The van der Waals surface area contributed by atoms with Crippen LogP contribution in [0.3, 0.4) is 0 Å². The van der Waals surface area contributed by atoms with Crippen molar-refractivity contribution < 1.29 is 4.74 Å². The summed E-state index contributed by atoms with van der Waals surface area (Å²) in [4.78, 5) is 8.85. The zero-order valence-corrected chi connectivity index (χ0v) is 15.6. The van der Waals surface area contributed by atoms with Crippen molar-refractivity contribution >= 4 is 41.3 Å². The normalized spacial score (nSPS) is 27.5. The number of nitrogens with zero attached hydrogens (tertiary/aromatic N) is 2. The Balaban J connectivity index is 0.00000161. The number of fused-ring (bicyclic) bond motifs is 2. The Hall–Kier alpha value is -0.410. The summed E-state index contributed by atoms with van der Waals surface area (Å²) >= 11 is 1.72. The van der Waals surface area contributed by atoms with Crippen molar-refractivity contribution in [2.24, 2.45) is 4.99 Å². The van der Waals surface area contributed by atoms with Crippen molar-refractivity contribution in [3.63, 3.8) is 0 Å². The van der Waals surface area contributed by atoms with E-state index in [9.17, 15) is 0 Å². The predicted molar refractivity (Wildman–Crippen MR) is 96.5 cm³/mol. The highest BCUT2D eigenvalue weighted by Crippen LogP contribution is 2.34. The first-order valence-electron chi connectivity index (χ1n) is 7.34. The van der Waals surface area contributed by atoms with Crippen LogP contribution in [0.1, 0.15) is 36.9 Å². The molecule has 1 aromatic rings. The van der Waals surface area contributed by atoms with E-state index in [2.05, 4.69) is 32.9 Å². The van der Waals surface area contributed by atoms with Gasteiger partial charge in [-0.05, 0) is 25.7 Å². The van der Waals surface area contributed by atoms with Crippen LogP contribution in [0.15, 0.2) is 10.4 Å². The summed E-state index contributed by atoms with van der Waals surface area (Å²) in [5.41, 5.74) is 1.08. The minimum atomic E-state index is 0. The first kappa shape index (κ1) is 17.0. The average Bonchev–Trinajstić information content (AvgIpc) is 3.19. The molecule has 0 aromatic carbocycles. The van der Waals surface area contributed by atoms with Gasteiger partial charge in [0.15, 0.2) is 5.96 Å². The lowest BCUT2D eigenvalue weighted by Gasteiger charge is -2.22. The molecule has 3 unspecified atom stereocenters. The summed E-state index contributed by atoms with van der Waals surface area (Å²) in [7, 11) is 1.81. The van der Waals surface area contributed by atoms with E-state index in [0.717, 1.165) is 31.0 Å². The van der Waals surface area contributed by atoms with Crippen LogP contribution in [0.5, 0.6) is 0 Å². The summed E-state index contributed by atoms with van der Waals surface area (Å²) in [5, 5.41) is 10.1. The number of rotatable bonds is 4. The molecule has 3 atom stereocenters. The molecule has 0 spiro atoms. The highest BCUT2D eigenvalue weighted by atomic mass is 127. The Kier molecular flexibility index (Phi) is 6.24. The molecule has 2 aliphatic rings. The molecule has 2 aliphatic heterocycles. The maximum absolute atomic E-state index is 5.85. The fourth-order valence-electron chi connectivity index (χ4n) is 2.93. The van der Waals surface area contributed by atoms with Gasteiger partial charge in [-0.1, -0.05) is 6.92 Å². The van der Waals surface area contributed by atoms with Gasteiger partial charge >= 0.3 is 0 Å². The molecule has 2 fully saturated rings. The Morgan fingerprint density at radius 2 is 2.38 bits per heavy atom. The van der Waals surface area contributed by atoms with E-state index in [-0.39, 0.29) is 24.0 Å². The lowest BCUT2D eigenvalue weighted by molar-refractivity contribution is 0.0992. The van der Waals surface area contributed by atoms with E-state index in [1.54, 1.807) is 11.3 Å².